The van der Waals surface area contributed by atoms with Crippen LogP contribution in [0.25, 0.3) is 98.6 Å². The summed E-state index contributed by atoms with van der Waals surface area (Å²) in [5.41, 5.74) is 10.6. The maximum absolute atomic E-state index is 5.32. The normalized spacial score (nSPS) is 12.2. The highest BCUT2D eigenvalue weighted by atomic mass is 15.0. The average molecular weight is 611 g/mol. The molecule has 0 spiro atoms. The second kappa shape index (κ2) is 9.50. The Labute approximate surface area is 274 Å². The number of benzene rings is 8. The second-order valence-electron chi connectivity index (χ2n) is 12.6. The zero-order chi connectivity index (χ0) is 31.3. The zero-order valence-electron chi connectivity index (χ0n) is 25.8. The summed E-state index contributed by atoms with van der Waals surface area (Å²) in [6.45, 7) is 0. The fraction of sp³-hybridized carbons (Fsp3) is 0. The number of nitrogens with zero attached hydrogens (tertiary/aromatic N) is 4. The molecule has 0 amide bonds. The summed E-state index contributed by atoms with van der Waals surface area (Å²) in [5.74, 6) is 0. The van der Waals surface area contributed by atoms with E-state index < -0.39 is 0 Å². The van der Waals surface area contributed by atoms with E-state index in [1.807, 2.05) is 12.1 Å². The molecule has 48 heavy (non-hydrogen) atoms. The van der Waals surface area contributed by atoms with Gasteiger partial charge in [0.05, 0.1) is 44.1 Å². The number of para-hydroxylation sites is 6. The van der Waals surface area contributed by atoms with E-state index in [4.69, 9.17) is 9.97 Å². The van der Waals surface area contributed by atoms with Gasteiger partial charge in [0.2, 0.25) is 0 Å². The summed E-state index contributed by atoms with van der Waals surface area (Å²) < 4.78 is 4.75. The van der Waals surface area contributed by atoms with Crippen LogP contribution in [0.4, 0.5) is 0 Å². The number of fused-ring (bicyclic) bond motifs is 13. The maximum atomic E-state index is 5.32. The molecule has 0 saturated heterocycles. The van der Waals surface area contributed by atoms with E-state index >= 15 is 0 Å². The molecular weight excluding hydrogens is 585 g/mol. The lowest BCUT2D eigenvalue weighted by Gasteiger charge is -2.15. The van der Waals surface area contributed by atoms with Gasteiger partial charge in [-0.15, -0.1) is 0 Å². The largest absolute Gasteiger partial charge is 0.309 e. The Bertz CT molecular complexity index is 2810. The first kappa shape index (κ1) is 25.6. The van der Waals surface area contributed by atoms with Crippen LogP contribution < -0.4 is 0 Å². The summed E-state index contributed by atoms with van der Waals surface area (Å²) in [7, 11) is 0. The molecule has 0 atom stereocenters. The van der Waals surface area contributed by atoms with Crippen LogP contribution in [0, 0.1) is 0 Å². The first-order valence-electron chi connectivity index (χ1n) is 16.3. The van der Waals surface area contributed by atoms with Gasteiger partial charge in [-0.05, 0) is 71.4 Å². The summed E-state index contributed by atoms with van der Waals surface area (Å²) in [6, 6.07) is 56.5. The number of rotatable bonds is 2. The third-order valence-corrected chi connectivity index (χ3v) is 10.1. The van der Waals surface area contributed by atoms with E-state index in [-0.39, 0.29) is 0 Å². The van der Waals surface area contributed by atoms with E-state index in [1.165, 1.54) is 54.4 Å². The minimum atomic E-state index is 0.895. The summed E-state index contributed by atoms with van der Waals surface area (Å²) in [5, 5.41) is 9.53. The molecule has 0 radical (unpaired) electrons. The molecule has 0 aliphatic rings. The highest BCUT2D eigenvalue weighted by molar-refractivity contribution is 6.25. The molecular formula is C44H26N4. The Hall–Kier alpha value is -6.52. The lowest BCUT2D eigenvalue weighted by Crippen LogP contribution is -1.97. The van der Waals surface area contributed by atoms with Crippen molar-refractivity contribution in [1.29, 1.82) is 0 Å². The van der Waals surface area contributed by atoms with Gasteiger partial charge in [0, 0.05) is 43.7 Å². The SMILES string of the molecule is c1ccc2nc3c4cc(-n5c6ccccc6c6ccccc65)ccc4c4ccc(-n5c6ccccc6c6ccccc65)cc4c3nc2c1. The Balaban J connectivity index is 1.26. The van der Waals surface area contributed by atoms with Crippen LogP contribution in [0.2, 0.25) is 0 Å². The lowest BCUT2D eigenvalue weighted by molar-refractivity contribution is 1.18. The summed E-state index contributed by atoms with van der Waals surface area (Å²) in [4.78, 5) is 10.6. The fourth-order valence-corrected chi connectivity index (χ4v) is 7.98. The topological polar surface area (TPSA) is 35.6 Å². The summed E-state index contributed by atoms with van der Waals surface area (Å²) >= 11 is 0. The van der Waals surface area contributed by atoms with Crippen molar-refractivity contribution in [3.8, 4) is 11.4 Å². The molecule has 222 valence electrons. The van der Waals surface area contributed by atoms with Crippen molar-refractivity contribution in [2.24, 2.45) is 0 Å². The lowest BCUT2D eigenvalue weighted by atomic mass is 9.98. The van der Waals surface area contributed by atoms with Gasteiger partial charge in [0.15, 0.2) is 0 Å². The minimum Gasteiger partial charge on any atom is -0.309 e. The van der Waals surface area contributed by atoms with Crippen molar-refractivity contribution in [1.82, 2.24) is 19.1 Å². The van der Waals surface area contributed by atoms with Crippen molar-refractivity contribution < 1.29 is 0 Å². The Morgan fingerprint density at radius 1 is 0.292 bits per heavy atom. The molecule has 0 N–H and O–H groups in total. The van der Waals surface area contributed by atoms with E-state index in [1.54, 1.807) is 0 Å². The van der Waals surface area contributed by atoms with Crippen LogP contribution in [0.3, 0.4) is 0 Å². The predicted octanol–water partition coefficient (Wildman–Crippen LogP) is 11.3. The van der Waals surface area contributed by atoms with Crippen molar-refractivity contribution >= 4 is 87.2 Å². The highest BCUT2D eigenvalue weighted by Crippen LogP contribution is 2.40. The van der Waals surface area contributed by atoms with Crippen LogP contribution in [0.5, 0.6) is 0 Å². The van der Waals surface area contributed by atoms with E-state index in [0.717, 1.165) is 44.2 Å². The maximum Gasteiger partial charge on any atom is 0.0980 e. The third-order valence-electron chi connectivity index (χ3n) is 10.1. The van der Waals surface area contributed by atoms with Gasteiger partial charge in [-0.2, -0.15) is 0 Å². The molecule has 3 heterocycles. The van der Waals surface area contributed by atoms with Crippen LogP contribution in [0.15, 0.2) is 158 Å². The Kier molecular flexibility index (Phi) is 5.08. The number of aromatic nitrogens is 4. The van der Waals surface area contributed by atoms with Crippen LogP contribution in [-0.2, 0) is 0 Å². The molecule has 0 aliphatic heterocycles. The molecule has 4 heteroatoms. The van der Waals surface area contributed by atoms with Gasteiger partial charge in [0.25, 0.3) is 0 Å². The van der Waals surface area contributed by atoms with Gasteiger partial charge >= 0.3 is 0 Å². The van der Waals surface area contributed by atoms with E-state index in [2.05, 4.69) is 155 Å². The van der Waals surface area contributed by atoms with Crippen LogP contribution >= 0.6 is 0 Å². The second-order valence-corrected chi connectivity index (χ2v) is 12.6. The smallest absolute Gasteiger partial charge is 0.0980 e. The first-order valence-corrected chi connectivity index (χ1v) is 16.3. The van der Waals surface area contributed by atoms with E-state index in [9.17, 15) is 0 Å². The first-order chi connectivity index (χ1) is 23.8. The fourth-order valence-electron chi connectivity index (χ4n) is 7.98. The molecule has 0 saturated carbocycles. The molecule has 11 rings (SSSR count). The van der Waals surface area contributed by atoms with Crippen LogP contribution in [-0.4, -0.2) is 19.1 Å². The molecule has 8 aromatic carbocycles. The van der Waals surface area contributed by atoms with Crippen molar-refractivity contribution in [3.63, 3.8) is 0 Å². The molecule has 4 nitrogen and oxygen atoms in total. The highest BCUT2D eigenvalue weighted by Gasteiger charge is 2.18. The number of hydrogen-bond donors (Lipinski definition) is 0. The van der Waals surface area contributed by atoms with Crippen LogP contribution in [0.1, 0.15) is 0 Å². The molecule has 0 bridgehead atoms. The van der Waals surface area contributed by atoms with Gasteiger partial charge < -0.3 is 9.13 Å². The minimum absolute atomic E-state index is 0.895. The number of hydrogen-bond acceptors (Lipinski definition) is 2. The summed E-state index contributed by atoms with van der Waals surface area (Å²) in [6.07, 6.45) is 0. The zero-order valence-corrected chi connectivity index (χ0v) is 25.8. The predicted molar refractivity (Wildman–Crippen MR) is 201 cm³/mol. The monoisotopic (exact) mass is 610 g/mol. The quantitative estimate of drug-likeness (QED) is 0.144. The molecule has 11 aromatic rings. The van der Waals surface area contributed by atoms with E-state index in [0.29, 0.717) is 0 Å². The molecule has 0 aliphatic carbocycles. The Morgan fingerprint density at radius 2 is 0.625 bits per heavy atom. The van der Waals surface area contributed by atoms with Gasteiger partial charge in [-0.3, -0.25) is 0 Å². The van der Waals surface area contributed by atoms with Gasteiger partial charge in [-0.1, -0.05) is 97.1 Å². The average Bonchev–Trinajstić information content (AvgIpc) is 3.67. The van der Waals surface area contributed by atoms with Crippen molar-refractivity contribution in [2.75, 3.05) is 0 Å². The van der Waals surface area contributed by atoms with Gasteiger partial charge in [-0.25, -0.2) is 9.97 Å². The van der Waals surface area contributed by atoms with Crippen molar-refractivity contribution in [2.45, 2.75) is 0 Å². The molecule has 0 fully saturated rings. The molecule has 0 unspecified atom stereocenters. The van der Waals surface area contributed by atoms with Crippen molar-refractivity contribution in [3.05, 3.63) is 158 Å². The standard InChI is InChI=1S/C44H26N4/c1-7-17-39-31(11-1)32-12-2-8-18-40(32)47(39)27-21-23-29-30-24-22-28(48-41-19-9-3-13-33(41)34-14-4-10-20-42(34)48)26-36(30)44-43(35(29)25-27)45-37-15-5-6-16-38(37)46-44/h1-26H. The molecule has 3 aromatic heterocycles. The Morgan fingerprint density at radius 3 is 1.00 bits per heavy atom. The van der Waals surface area contributed by atoms with Gasteiger partial charge in [0.1, 0.15) is 0 Å². The third kappa shape index (κ3) is 3.43.